The van der Waals surface area contributed by atoms with Crippen LogP contribution in [0.25, 0.3) is 0 Å². The number of rotatable bonds is 4. The average Bonchev–Trinajstić information content (AvgIpc) is 3.16. The lowest BCUT2D eigenvalue weighted by molar-refractivity contribution is -0.207. The van der Waals surface area contributed by atoms with E-state index in [0.717, 1.165) is 6.20 Å². The molecule has 0 radical (unpaired) electrons. The second-order valence-corrected chi connectivity index (χ2v) is 7.55. The Morgan fingerprint density at radius 3 is 2.52 bits per heavy atom. The van der Waals surface area contributed by atoms with Gasteiger partial charge in [-0.25, -0.2) is 13.6 Å². The van der Waals surface area contributed by atoms with E-state index in [9.17, 15) is 26.7 Å². The van der Waals surface area contributed by atoms with Crippen molar-refractivity contribution in [1.82, 2.24) is 14.7 Å². The Hall–Kier alpha value is -1.91. The highest BCUT2D eigenvalue weighted by molar-refractivity contribution is 5.68. The van der Waals surface area contributed by atoms with Crippen LogP contribution >= 0.6 is 0 Å². The Balaban J connectivity index is 1.50. The van der Waals surface area contributed by atoms with Crippen molar-refractivity contribution in [2.24, 2.45) is 0 Å². The van der Waals surface area contributed by atoms with Crippen LogP contribution in [0.15, 0.2) is 12.4 Å². The number of piperidine rings is 1. The summed E-state index contributed by atoms with van der Waals surface area (Å²) in [5.74, 6) is 0. The molecule has 29 heavy (non-hydrogen) atoms. The molecule has 3 heterocycles. The summed E-state index contributed by atoms with van der Waals surface area (Å²) in [6.45, 7) is 2.11. The molecule has 3 rings (SSSR count). The van der Waals surface area contributed by atoms with Gasteiger partial charge in [0.15, 0.2) is 6.10 Å². The number of alkyl halides is 5. The van der Waals surface area contributed by atoms with Crippen molar-refractivity contribution in [2.75, 3.05) is 19.7 Å². The molecule has 2 aliphatic heterocycles. The fourth-order valence-corrected chi connectivity index (χ4v) is 3.80. The van der Waals surface area contributed by atoms with E-state index in [-0.39, 0.29) is 31.1 Å². The summed E-state index contributed by atoms with van der Waals surface area (Å²) in [7, 11) is 0. The van der Waals surface area contributed by atoms with Crippen molar-refractivity contribution in [3.8, 4) is 0 Å². The molecule has 1 aromatic heterocycles. The van der Waals surface area contributed by atoms with Crippen LogP contribution in [-0.2, 0) is 9.47 Å². The van der Waals surface area contributed by atoms with Gasteiger partial charge in [-0.3, -0.25) is 4.68 Å². The summed E-state index contributed by atoms with van der Waals surface area (Å²) >= 11 is 0. The molecule has 1 amide bonds. The molecule has 1 spiro atoms. The summed E-state index contributed by atoms with van der Waals surface area (Å²) in [6, 6.07) is -0.145. The molecule has 2 aliphatic rings. The zero-order valence-corrected chi connectivity index (χ0v) is 16.0. The third kappa shape index (κ3) is 4.99. The fraction of sp³-hybridized carbons (Fsp3) is 0.778. The van der Waals surface area contributed by atoms with Crippen LogP contribution in [0, 0.1) is 0 Å². The number of carbonyl (C=O) groups is 1. The molecule has 2 saturated heterocycles. The normalized spacial score (nSPS) is 23.4. The summed E-state index contributed by atoms with van der Waals surface area (Å²) in [4.78, 5) is 13.3. The first-order valence-electron chi connectivity index (χ1n) is 9.62. The third-order valence-electron chi connectivity index (χ3n) is 5.67. The van der Waals surface area contributed by atoms with Gasteiger partial charge in [-0.05, 0) is 32.1 Å². The van der Waals surface area contributed by atoms with Gasteiger partial charge in [-0.15, -0.1) is 0 Å². The highest BCUT2D eigenvalue weighted by Gasteiger charge is 2.44. The first-order valence-corrected chi connectivity index (χ1v) is 9.62. The lowest BCUT2D eigenvalue weighted by atomic mass is 9.83. The van der Waals surface area contributed by atoms with Gasteiger partial charge in [0.05, 0.1) is 30.0 Å². The molecule has 6 nitrogen and oxygen atoms in total. The van der Waals surface area contributed by atoms with Crippen molar-refractivity contribution in [3.05, 3.63) is 18.0 Å². The van der Waals surface area contributed by atoms with Crippen molar-refractivity contribution in [3.63, 3.8) is 0 Å². The molecule has 2 atom stereocenters. The molecule has 0 N–H and O–H groups in total. The molecule has 0 bridgehead atoms. The maximum atomic E-state index is 12.8. The minimum Gasteiger partial charge on any atom is -0.436 e. The van der Waals surface area contributed by atoms with Crippen LogP contribution in [-0.4, -0.2) is 58.4 Å². The topological polar surface area (TPSA) is 56.6 Å². The van der Waals surface area contributed by atoms with E-state index >= 15 is 0 Å². The third-order valence-corrected chi connectivity index (χ3v) is 5.67. The Labute approximate surface area is 164 Å². The quantitative estimate of drug-likeness (QED) is 0.668. The number of carbonyl (C=O) groups excluding carboxylic acids is 1. The predicted octanol–water partition coefficient (Wildman–Crippen LogP) is 4.48. The van der Waals surface area contributed by atoms with E-state index in [2.05, 4.69) is 9.84 Å². The highest BCUT2D eigenvalue weighted by Crippen LogP contribution is 2.38. The van der Waals surface area contributed by atoms with Crippen LogP contribution in [0.3, 0.4) is 0 Å². The molecule has 0 aliphatic carbocycles. The summed E-state index contributed by atoms with van der Waals surface area (Å²) < 4.78 is 75.9. The summed E-state index contributed by atoms with van der Waals surface area (Å²) in [5.41, 5.74) is -0.596. The molecule has 0 aromatic carbocycles. The van der Waals surface area contributed by atoms with E-state index < -0.39 is 30.4 Å². The molecular formula is C18H24F5N3O3. The van der Waals surface area contributed by atoms with Crippen LogP contribution in [0.2, 0.25) is 0 Å². The van der Waals surface area contributed by atoms with Crippen LogP contribution in [0.4, 0.5) is 26.7 Å². The zero-order valence-electron chi connectivity index (χ0n) is 16.0. The number of hydrogen-bond donors (Lipinski definition) is 0. The largest absolute Gasteiger partial charge is 0.436 e. The number of hydrogen-bond acceptors (Lipinski definition) is 4. The number of halogens is 5. The van der Waals surface area contributed by atoms with Gasteiger partial charge in [0.1, 0.15) is 0 Å². The van der Waals surface area contributed by atoms with E-state index in [1.54, 1.807) is 0 Å². The van der Waals surface area contributed by atoms with Crippen LogP contribution in [0.5, 0.6) is 0 Å². The second kappa shape index (κ2) is 8.45. The Kier molecular flexibility index (Phi) is 6.35. The van der Waals surface area contributed by atoms with Crippen LogP contribution in [0.1, 0.15) is 57.1 Å². The van der Waals surface area contributed by atoms with Crippen molar-refractivity contribution in [2.45, 2.75) is 69.4 Å². The Morgan fingerprint density at radius 2 is 2.03 bits per heavy atom. The van der Waals surface area contributed by atoms with Gasteiger partial charge in [0.25, 0.3) is 6.43 Å². The average molecular weight is 425 g/mol. The molecule has 2 fully saturated rings. The first kappa shape index (κ1) is 21.8. The number of ether oxygens (including phenoxy) is 2. The predicted molar refractivity (Wildman–Crippen MR) is 91.6 cm³/mol. The highest BCUT2D eigenvalue weighted by atomic mass is 19.4. The minimum absolute atomic E-state index is 0.138. The number of nitrogens with zero attached hydrogens (tertiary/aromatic N) is 3. The van der Waals surface area contributed by atoms with Crippen molar-refractivity contribution < 1.29 is 36.2 Å². The molecular weight excluding hydrogens is 401 g/mol. The van der Waals surface area contributed by atoms with E-state index in [1.807, 2.05) is 0 Å². The standard InChI is InChI=1S/C18H24F5N3O3/c1-2-14(18(21,22)23)29-16(27)25-7-5-17(6-8-25)4-3-13(11-28-17)26-10-12(9-24-26)15(19)20/h9-10,13-15H,2-8,11H2,1H3/t13?,14-/m1/s1. The number of amides is 1. The van der Waals surface area contributed by atoms with Gasteiger partial charge in [0.2, 0.25) is 0 Å². The zero-order chi connectivity index (χ0) is 21.2. The van der Waals surface area contributed by atoms with Crippen molar-refractivity contribution >= 4 is 6.09 Å². The Morgan fingerprint density at radius 1 is 1.34 bits per heavy atom. The van der Waals surface area contributed by atoms with Gasteiger partial charge in [-0.2, -0.15) is 18.3 Å². The molecule has 164 valence electrons. The van der Waals surface area contributed by atoms with Gasteiger partial charge in [0, 0.05) is 19.3 Å². The first-order chi connectivity index (χ1) is 13.6. The summed E-state index contributed by atoms with van der Waals surface area (Å²) in [5, 5.41) is 3.98. The second-order valence-electron chi connectivity index (χ2n) is 7.55. The van der Waals surface area contributed by atoms with E-state index in [4.69, 9.17) is 4.74 Å². The minimum atomic E-state index is -4.58. The Bertz CT molecular complexity index is 691. The smallest absolute Gasteiger partial charge is 0.425 e. The monoisotopic (exact) mass is 425 g/mol. The maximum absolute atomic E-state index is 12.8. The maximum Gasteiger partial charge on any atom is 0.425 e. The SMILES string of the molecule is CC[C@@H](OC(=O)N1CCC2(CCC(n3cc(C(F)F)cn3)CO2)CC1)C(F)(F)F. The van der Waals surface area contributed by atoms with Gasteiger partial charge >= 0.3 is 12.3 Å². The van der Waals surface area contributed by atoms with E-state index in [1.165, 1.54) is 22.7 Å². The van der Waals surface area contributed by atoms with E-state index in [0.29, 0.717) is 32.3 Å². The number of aromatic nitrogens is 2. The number of likely N-dealkylation sites (tertiary alicyclic amines) is 1. The molecule has 1 unspecified atom stereocenters. The molecule has 11 heteroatoms. The van der Waals surface area contributed by atoms with Crippen molar-refractivity contribution in [1.29, 1.82) is 0 Å². The lowest BCUT2D eigenvalue weighted by Crippen LogP contribution is -2.51. The lowest BCUT2D eigenvalue weighted by Gasteiger charge is -2.45. The van der Waals surface area contributed by atoms with Crippen LogP contribution < -0.4 is 0 Å². The summed E-state index contributed by atoms with van der Waals surface area (Å²) in [6.07, 6.45) is -5.79. The molecule has 0 saturated carbocycles. The fourth-order valence-electron chi connectivity index (χ4n) is 3.80. The molecule has 1 aromatic rings. The van der Waals surface area contributed by atoms with Gasteiger partial charge < -0.3 is 14.4 Å². The van der Waals surface area contributed by atoms with Gasteiger partial charge in [-0.1, -0.05) is 6.92 Å².